The second-order valence-electron chi connectivity index (χ2n) is 5.50. The van der Waals surface area contributed by atoms with Gasteiger partial charge in [-0.2, -0.15) is 5.10 Å². The molecule has 3 rings (SSSR count). The second kappa shape index (κ2) is 4.85. The molecule has 0 aliphatic heterocycles. The Morgan fingerprint density at radius 1 is 1.42 bits per heavy atom. The molecule has 19 heavy (non-hydrogen) atoms. The van der Waals surface area contributed by atoms with Crippen molar-refractivity contribution in [1.29, 1.82) is 0 Å². The van der Waals surface area contributed by atoms with Crippen molar-refractivity contribution in [2.24, 2.45) is 5.73 Å². The van der Waals surface area contributed by atoms with Gasteiger partial charge in [0.25, 0.3) is 0 Å². The molecule has 0 amide bonds. The van der Waals surface area contributed by atoms with E-state index in [-0.39, 0.29) is 6.04 Å². The molecule has 4 heteroatoms. The third-order valence-electron chi connectivity index (χ3n) is 3.99. The van der Waals surface area contributed by atoms with E-state index < -0.39 is 0 Å². The van der Waals surface area contributed by atoms with Gasteiger partial charge in [-0.15, -0.1) is 0 Å². The van der Waals surface area contributed by atoms with E-state index in [1.807, 2.05) is 6.92 Å². The summed E-state index contributed by atoms with van der Waals surface area (Å²) >= 11 is 0. The number of fused-ring (bicyclic) bond motifs is 1. The lowest BCUT2D eigenvalue weighted by molar-refractivity contribution is 0.573. The lowest BCUT2D eigenvalue weighted by Gasteiger charge is -2.17. The number of aryl methyl sites for hydroxylation is 3. The Morgan fingerprint density at radius 2 is 2.26 bits per heavy atom. The molecule has 4 nitrogen and oxygen atoms in total. The Kier molecular flexibility index (Phi) is 3.19. The highest BCUT2D eigenvalue weighted by molar-refractivity contribution is 5.30. The van der Waals surface area contributed by atoms with E-state index in [0.29, 0.717) is 0 Å². The molecule has 1 aliphatic rings. The van der Waals surface area contributed by atoms with E-state index in [4.69, 9.17) is 5.73 Å². The van der Waals surface area contributed by atoms with Crippen LogP contribution < -0.4 is 5.73 Å². The Bertz CT molecular complexity index is 579. The van der Waals surface area contributed by atoms with Crippen LogP contribution in [-0.4, -0.2) is 14.3 Å². The van der Waals surface area contributed by atoms with Gasteiger partial charge in [-0.1, -0.05) is 0 Å². The molecular weight excluding hydrogens is 236 g/mol. The zero-order valence-electron chi connectivity index (χ0n) is 11.8. The van der Waals surface area contributed by atoms with Crippen LogP contribution in [0.25, 0.3) is 0 Å². The largest absolute Gasteiger partial charge is 0.348 e. The second-order valence-corrected chi connectivity index (χ2v) is 5.50. The van der Waals surface area contributed by atoms with Crippen LogP contribution in [0.1, 0.15) is 48.3 Å². The highest BCUT2D eigenvalue weighted by atomic mass is 15.3. The van der Waals surface area contributed by atoms with E-state index in [1.54, 1.807) is 0 Å². The van der Waals surface area contributed by atoms with Gasteiger partial charge in [0.2, 0.25) is 0 Å². The van der Waals surface area contributed by atoms with Crippen molar-refractivity contribution in [3.63, 3.8) is 0 Å². The summed E-state index contributed by atoms with van der Waals surface area (Å²) in [5.41, 5.74) is 11.3. The van der Waals surface area contributed by atoms with E-state index in [2.05, 4.69) is 39.7 Å². The summed E-state index contributed by atoms with van der Waals surface area (Å²) in [5, 5.41) is 4.50. The zero-order valence-corrected chi connectivity index (χ0v) is 11.8. The van der Waals surface area contributed by atoms with Crippen LogP contribution in [-0.2, 0) is 19.5 Å². The molecule has 0 bridgehead atoms. The lowest BCUT2D eigenvalue weighted by atomic mass is 9.92. The van der Waals surface area contributed by atoms with Gasteiger partial charge in [0.05, 0.1) is 17.9 Å². The highest BCUT2D eigenvalue weighted by Gasteiger charge is 2.19. The minimum Gasteiger partial charge on any atom is -0.348 e. The minimum atomic E-state index is 0.225. The van der Waals surface area contributed by atoms with E-state index in [9.17, 15) is 0 Å². The fourth-order valence-electron chi connectivity index (χ4n) is 3.06. The maximum Gasteiger partial charge on any atom is 0.0639 e. The molecule has 102 valence electrons. The zero-order chi connectivity index (χ0) is 13.4. The third kappa shape index (κ3) is 2.32. The molecule has 2 aromatic rings. The summed E-state index contributed by atoms with van der Waals surface area (Å²) < 4.78 is 4.34. The first-order chi connectivity index (χ1) is 9.17. The standard InChI is InChI=1S/C15H22N4/c1-3-19-13(7-11(2)17-19)9-18-8-12-5-4-6-15(16)14(12)10-18/h7-8,10,15H,3-6,9,16H2,1-2H3. The number of hydrogen-bond donors (Lipinski definition) is 1. The van der Waals surface area contributed by atoms with Gasteiger partial charge in [0, 0.05) is 25.0 Å². The molecule has 0 aromatic carbocycles. The number of rotatable bonds is 3. The fourth-order valence-corrected chi connectivity index (χ4v) is 3.06. The monoisotopic (exact) mass is 258 g/mol. The van der Waals surface area contributed by atoms with Crippen LogP contribution in [0.5, 0.6) is 0 Å². The first-order valence-corrected chi connectivity index (χ1v) is 7.15. The molecule has 2 aromatic heterocycles. The van der Waals surface area contributed by atoms with Crippen LogP contribution in [0.15, 0.2) is 18.5 Å². The summed E-state index contributed by atoms with van der Waals surface area (Å²) in [5.74, 6) is 0. The van der Waals surface area contributed by atoms with Gasteiger partial charge < -0.3 is 10.3 Å². The minimum absolute atomic E-state index is 0.225. The normalized spacial score (nSPS) is 18.6. The summed E-state index contributed by atoms with van der Waals surface area (Å²) in [4.78, 5) is 0. The first kappa shape index (κ1) is 12.5. The smallest absolute Gasteiger partial charge is 0.0639 e. The highest BCUT2D eigenvalue weighted by Crippen LogP contribution is 2.28. The van der Waals surface area contributed by atoms with E-state index in [0.717, 1.165) is 25.2 Å². The molecule has 0 spiro atoms. The van der Waals surface area contributed by atoms with Crippen LogP contribution in [0.3, 0.4) is 0 Å². The molecule has 0 saturated carbocycles. The van der Waals surface area contributed by atoms with Gasteiger partial charge >= 0.3 is 0 Å². The van der Waals surface area contributed by atoms with Crippen molar-refractivity contribution >= 4 is 0 Å². The summed E-state index contributed by atoms with van der Waals surface area (Å²) in [6.45, 7) is 5.98. The van der Waals surface area contributed by atoms with Crippen LogP contribution in [0.2, 0.25) is 0 Å². The Morgan fingerprint density at radius 3 is 3.00 bits per heavy atom. The number of nitrogens with zero attached hydrogens (tertiary/aromatic N) is 3. The maximum atomic E-state index is 6.18. The predicted molar refractivity (Wildman–Crippen MR) is 76.0 cm³/mol. The molecule has 1 unspecified atom stereocenters. The first-order valence-electron chi connectivity index (χ1n) is 7.15. The molecule has 0 saturated heterocycles. The lowest BCUT2D eigenvalue weighted by Crippen LogP contribution is -2.15. The third-order valence-corrected chi connectivity index (χ3v) is 3.99. The van der Waals surface area contributed by atoms with Crippen LogP contribution in [0.4, 0.5) is 0 Å². The topological polar surface area (TPSA) is 48.8 Å². The average Bonchev–Trinajstić information content (AvgIpc) is 2.94. The SMILES string of the molecule is CCn1nc(C)cc1Cn1cc2c(c1)C(N)CCC2. The fraction of sp³-hybridized carbons (Fsp3) is 0.533. The van der Waals surface area contributed by atoms with Gasteiger partial charge in [0.1, 0.15) is 0 Å². The number of hydrogen-bond acceptors (Lipinski definition) is 2. The molecule has 2 heterocycles. The Hall–Kier alpha value is -1.55. The van der Waals surface area contributed by atoms with Crippen molar-refractivity contribution in [1.82, 2.24) is 14.3 Å². The van der Waals surface area contributed by atoms with E-state index in [1.165, 1.54) is 29.7 Å². The number of nitrogens with two attached hydrogens (primary N) is 1. The summed E-state index contributed by atoms with van der Waals surface area (Å²) in [6, 6.07) is 2.39. The number of aromatic nitrogens is 3. The van der Waals surface area contributed by atoms with E-state index >= 15 is 0 Å². The van der Waals surface area contributed by atoms with Gasteiger partial charge in [-0.25, -0.2) is 0 Å². The van der Waals surface area contributed by atoms with Crippen molar-refractivity contribution in [2.45, 2.75) is 52.2 Å². The summed E-state index contributed by atoms with van der Waals surface area (Å²) in [6.07, 6.45) is 7.98. The van der Waals surface area contributed by atoms with Crippen LogP contribution >= 0.6 is 0 Å². The van der Waals surface area contributed by atoms with Gasteiger partial charge in [-0.05, 0) is 50.3 Å². The molecule has 0 radical (unpaired) electrons. The average molecular weight is 258 g/mol. The van der Waals surface area contributed by atoms with Crippen LogP contribution in [0, 0.1) is 6.92 Å². The summed E-state index contributed by atoms with van der Waals surface area (Å²) in [7, 11) is 0. The molecule has 1 aliphatic carbocycles. The van der Waals surface area contributed by atoms with Crippen molar-refractivity contribution in [3.05, 3.63) is 41.0 Å². The van der Waals surface area contributed by atoms with Gasteiger partial charge in [-0.3, -0.25) is 4.68 Å². The predicted octanol–water partition coefficient (Wildman–Crippen LogP) is 2.40. The molecule has 0 fully saturated rings. The maximum absolute atomic E-state index is 6.18. The molecule has 1 atom stereocenters. The Balaban J connectivity index is 1.87. The van der Waals surface area contributed by atoms with Crippen molar-refractivity contribution in [3.8, 4) is 0 Å². The van der Waals surface area contributed by atoms with Gasteiger partial charge in [0.15, 0.2) is 0 Å². The Labute approximate surface area is 114 Å². The molecular formula is C15H22N4. The van der Waals surface area contributed by atoms with Crippen molar-refractivity contribution < 1.29 is 0 Å². The van der Waals surface area contributed by atoms with Crippen molar-refractivity contribution in [2.75, 3.05) is 0 Å². The molecule has 2 N–H and O–H groups in total. The quantitative estimate of drug-likeness (QED) is 0.919.